The van der Waals surface area contributed by atoms with Crippen LogP contribution >= 0.6 is 0 Å². The highest BCUT2D eigenvalue weighted by molar-refractivity contribution is 7.90. The van der Waals surface area contributed by atoms with Crippen molar-refractivity contribution in [3.63, 3.8) is 0 Å². The molecule has 8 heteroatoms. The van der Waals surface area contributed by atoms with E-state index in [4.69, 9.17) is 0 Å². The van der Waals surface area contributed by atoms with Crippen LogP contribution in [0.1, 0.15) is 18.4 Å². The number of piperidine rings is 1. The summed E-state index contributed by atoms with van der Waals surface area (Å²) in [4.78, 5) is 15.8. The van der Waals surface area contributed by atoms with Crippen molar-refractivity contribution in [3.8, 4) is 0 Å². The van der Waals surface area contributed by atoms with Gasteiger partial charge in [-0.3, -0.25) is 9.69 Å². The van der Waals surface area contributed by atoms with Gasteiger partial charge in [0.25, 0.3) is 10.0 Å². The van der Waals surface area contributed by atoms with Crippen molar-refractivity contribution in [2.24, 2.45) is 10.3 Å². The van der Waals surface area contributed by atoms with E-state index in [0.717, 1.165) is 32.5 Å². The van der Waals surface area contributed by atoms with E-state index in [2.05, 4.69) is 14.6 Å². The molecular formula is C17H24N4O3S. The molecular weight excluding hydrogens is 340 g/mol. The number of carbonyl (C=O) groups is 1. The lowest BCUT2D eigenvalue weighted by Gasteiger charge is -2.33. The van der Waals surface area contributed by atoms with Crippen LogP contribution in [0.4, 0.5) is 0 Å². The molecule has 0 saturated carbocycles. The Kier molecular flexibility index (Phi) is 5.10. The van der Waals surface area contributed by atoms with Gasteiger partial charge in [0.05, 0.1) is 6.54 Å². The molecule has 3 rings (SSSR count). The van der Waals surface area contributed by atoms with E-state index in [0.29, 0.717) is 23.9 Å². The van der Waals surface area contributed by atoms with Gasteiger partial charge in [0, 0.05) is 26.2 Å². The van der Waals surface area contributed by atoms with Gasteiger partial charge < -0.3 is 10.2 Å². The van der Waals surface area contributed by atoms with Crippen molar-refractivity contribution in [3.05, 3.63) is 29.8 Å². The van der Waals surface area contributed by atoms with Crippen molar-refractivity contribution in [2.45, 2.75) is 17.7 Å². The molecule has 1 aromatic rings. The lowest BCUT2D eigenvalue weighted by Crippen LogP contribution is -2.43. The van der Waals surface area contributed by atoms with Crippen molar-refractivity contribution in [1.29, 1.82) is 0 Å². The highest BCUT2D eigenvalue weighted by Gasteiger charge is 2.31. The molecule has 0 spiro atoms. The Labute approximate surface area is 148 Å². The van der Waals surface area contributed by atoms with E-state index < -0.39 is 10.0 Å². The Bertz CT molecular complexity index is 783. The highest BCUT2D eigenvalue weighted by atomic mass is 32.2. The Balaban J connectivity index is 1.61. The van der Waals surface area contributed by atoms with Crippen LogP contribution in [0.25, 0.3) is 0 Å². The average Bonchev–Trinajstić information content (AvgIpc) is 2.88. The first-order valence-electron chi connectivity index (χ1n) is 8.49. The van der Waals surface area contributed by atoms with Crippen LogP contribution in [-0.2, 0) is 14.8 Å². The molecule has 25 heavy (non-hydrogen) atoms. The van der Waals surface area contributed by atoms with Crippen LogP contribution in [0.15, 0.2) is 33.6 Å². The summed E-state index contributed by atoms with van der Waals surface area (Å²) >= 11 is 0. The fraction of sp³-hybridized carbons (Fsp3) is 0.529. The smallest absolute Gasteiger partial charge is 0.285 e. The molecule has 0 unspecified atom stereocenters. The molecule has 7 nitrogen and oxygen atoms in total. The number of hydrogen-bond acceptors (Lipinski definition) is 5. The second-order valence-electron chi connectivity index (χ2n) is 6.66. The van der Waals surface area contributed by atoms with E-state index >= 15 is 0 Å². The quantitative estimate of drug-likeness (QED) is 0.843. The first-order valence-corrected chi connectivity index (χ1v) is 9.93. The number of rotatable bonds is 4. The van der Waals surface area contributed by atoms with Gasteiger partial charge in [0.2, 0.25) is 5.91 Å². The van der Waals surface area contributed by atoms with Crippen molar-refractivity contribution in [1.82, 2.24) is 15.1 Å². The standard InChI is InChI=1S/C17H24N4O3S/c1-18-16(22)12-21-9-7-13(8-10-21)11-20(2)17-14-5-3-4-6-15(14)25(23,24)19-17/h3-6,13H,7-12H2,1-2H3,(H,18,22). The second-order valence-corrected chi connectivity index (χ2v) is 8.23. The molecule has 136 valence electrons. The summed E-state index contributed by atoms with van der Waals surface area (Å²) in [6, 6.07) is 6.96. The Morgan fingerprint density at radius 2 is 2.00 bits per heavy atom. The Morgan fingerprint density at radius 1 is 1.32 bits per heavy atom. The zero-order chi connectivity index (χ0) is 18.0. The zero-order valence-corrected chi connectivity index (χ0v) is 15.4. The maximum atomic E-state index is 12.2. The molecule has 1 N–H and O–H groups in total. The number of nitrogens with zero attached hydrogens (tertiary/aromatic N) is 3. The summed E-state index contributed by atoms with van der Waals surface area (Å²) in [6.07, 6.45) is 1.98. The highest BCUT2D eigenvalue weighted by Crippen LogP contribution is 2.28. The molecule has 1 saturated heterocycles. The third-order valence-corrected chi connectivity index (χ3v) is 6.18. The number of likely N-dealkylation sites (N-methyl/N-ethyl adjacent to an activating group) is 1. The third-order valence-electron chi connectivity index (χ3n) is 4.86. The number of nitrogens with one attached hydrogen (secondary N) is 1. The summed E-state index contributed by atoms with van der Waals surface area (Å²) in [7, 11) is -0.0249. The number of fused-ring (bicyclic) bond motifs is 1. The summed E-state index contributed by atoms with van der Waals surface area (Å²) in [5.74, 6) is 1.03. The Hall–Kier alpha value is -1.93. The van der Waals surface area contributed by atoms with Crippen molar-refractivity contribution < 1.29 is 13.2 Å². The normalized spacial score (nSPS) is 20.0. The molecule has 0 atom stereocenters. The van der Waals surface area contributed by atoms with Gasteiger partial charge in [0.1, 0.15) is 4.90 Å². The van der Waals surface area contributed by atoms with Crippen LogP contribution in [0.5, 0.6) is 0 Å². The van der Waals surface area contributed by atoms with Gasteiger partial charge >= 0.3 is 0 Å². The summed E-state index contributed by atoms with van der Waals surface area (Å²) < 4.78 is 28.3. The molecule has 2 aliphatic heterocycles. The maximum absolute atomic E-state index is 12.2. The van der Waals surface area contributed by atoms with Crippen molar-refractivity contribution in [2.75, 3.05) is 40.3 Å². The van der Waals surface area contributed by atoms with Crippen LogP contribution in [-0.4, -0.2) is 70.2 Å². The molecule has 1 amide bonds. The first kappa shape index (κ1) is 17.9. The largest absolute Gasteiger partial charge is 0.358 e. The van der Waals surface area contributed by atoms with Crippen molar-refractivity contribution >= 4 is 21.8 Å². The topological polar surface area (TPSA) is 82.1 Å². The SMILES string of the molecule is CNC(=O)CN1CCC(CN(C)C2=NS(=O)(=O)c3ccccc32)CC1. The molecule has 2 aliphatic rings. The number of hydrogen-bond donors (Lipinski definition) is 1. The van der Waals surface area contributed by atoms with Gasteiger partial charge in [-0.05, 0) is 44.0 Å². The van der Waals surface area contributed by atoms with E-state index in [-0.39, 0.29) is 10.8 Å². The Morgan fingerprint density at radius 3 is 2.68 bits per heavy atom. The molecule has 0 aliphatic carbocycles. The molecule has 0 radical (unpaired) electrons. The van der Waals surface area contributed by atoms with Gasteiger partial charge in [0.15, 0.2) is 5.84 Å². The van der Waals surface area contributed by atoms with Gasteiger partial charge in [-0.15, -0.1) is 4.40 Å². The number of amidine groups is 1. The fourth-order valence-electron chi connectivity index (χ4n) is 3.45. The van der Waals surface area contributed by atoms with Gasteiger partial charge in [-0.2, -0.15) is 8.42 Å². The van der Waals surface area contributed by atoms with Crippen LogP contribution < -0.4 is 5.32 Å². The van der Waals surface area contributed by atoms with Gasteiger partial charge in [-0.1, -0.05) is 12.1 Å². The third kappa shape index (κ3) is 3.85. The first-order chi connectivity index (χ1) is 11.9. The van der Waals surface area contributed by atoms with E-state index in [1.165, 1.54) is 0 Å². The molecule has 1 fully saturated rings. The molecule has 2 heterocycles. The predicted molar refractivity (Wildman–Crippen MR) is 96.0 cm³/mol. The lowest BCUT2D eigenvalue weighted by molar-refractivity contribution is -0.122. The zero-order valence-electron chi connectivity index (χ0n) is 14.6. The lowest BCUT2D eigenvalue weighted by atomic mass is 9.96. The molecule has 0 bridgehead atoms. The van der Waals surface area contributed by atoms with E-state index in [9.17, 15) is 13.2 Å². The second kappa shape index (κ2) is 7.13. The van der Waals surface area contributed by atoms with Crippen LogP contribution in [0.3, 0.4) is 0 Å². The predicted octanol–water partition coefficient (Wildman–Crippen LogP) is 0.525. The summed E-state index contributed by atoms with van der Waals surface area (Å²) in [6.45, 7) is 2.97. The minimum absolute atomic E-state index is 0.0395. The average molecular weight is 364 g/mol. The van der Waals surface area contributed by atoms with Crippen LogP contribution in [0.2, 0.25) is 0 Å². The van der Waals surface area contributed by atoms with Crippen LogP contribution in [0, 0.1) is 5.92 Å². The molecule has 1 aromatic carbocycles. The molecule has 0 aromatic heterocycles. The monoisotopic (exact) mass is 364 g/mol. The van der Waals surface area contributed by atoms with Gasteiger partial charge in [-0.25, -0.2) is 0 Å². The number of likely N-dealkylation sites (tertiary alicyclic amines) is 1. The minimum atomic E-state index is -3.57. The van der Waals surface area contributed by atoms with E-state index in [1.54, 1.807) is 25.2 Å². The maximum Gasteiger partial charge on any atom is 0.285 e. The number of benzene rings is 1. The number of sulfonamides is 1. The van der Waals surface area contributed by atoms with E-state index in [1.807, 2.05) is 18.0 Å². The minimum Gasteiger partial charge on any atom is -0.358 e. The summed E-state index contributed by atoms with van der Waals surface area (Å²) in [5.41, 5.74) is 0.682. The number of carbonyl (C=O) groups excluding carboxylic acids is 1. The fourth-order valence-corrected chi connectivity index (χ4v) is 4.70. The summed E-state index contributed by atoms with van der Waals surface area (Å²) in [5, 5.41) is 2.65. The number of amides is 1.